The number of rotatable bonds is 6. The molecule has 0 heterocycles. The van der Waals surface area contributed by atoms with Crippen molar-refractivity contribution in [3.05, 3.63) is 81.5 Å². The zero-order valence-corrected chi connectivity index (χ0v) is 13.5. The molecular formula is C18H16N4O3. The average Bonchev–Trinajstić information content (AvgIpc) is 2.60. The minimum atomic E-state index is -0.714. The Hall–Kier alpha value is -3.66. The van der Waals surface area contributed by atoms with E-state index in [2.05, 4.69) is 10.6 Å². The first kappa shape index (κ1) is 17.7. The van der Waals surface area contributed by atoms with Gasteiger partial charge in [-0.3, -0.25) is 14.9 Å². The quantitative estimate of drug-likeness (QED) is 0.365. The van der Waals surface area contributed by atoms with E-state index in [0.717, 1.165) is 11.1 Å². The van der Waals surface area contributed by atoms with Gasteiger partial charge in [0.1, 0.15) is 17.3 Å². The molecule has 25 heavy (non-hydrogen) atoms. The summed E-state index contributed by atoms with van der Waals surface area (Å²) in [6.45, 7) is 2.42. The summed E-state index contributed by atoms with van der Waals surface area (Å²) >= 11 is 0. The number of hydrogen-bond acceptors (Lipinski definition) is 5. The summed E-state index contributed by atoms with van der Waals surface area (Å²) < 4.78 is 0. The predicted octanol–water partition coefficient (Wildman–Crippen LogP) is 3.04. The van der Waals surface area contributed by atoms with Gasteiger partial charge in [-0.05, 0) is 24.1 Å². The summed E-state index contributed by atoms with van der Waals surface area (Å²) in [5, 5.41) is 25.4. The van der Waals surface area contributed by atoms with Crippen molar-refractivity contribution >= 4 is 17.3 Å². The standard InChI is InChI=1S/C18H16N4O3/c1-13-6-2-3-7-14(13)11-20-12-15(10-19)18(23)21-16-8-4-5-9-17(16)22(24)25/h2-9,12,20H,11H2,1H3,(H,21,23)/b15-12-. The second-order valence-corrected chi connectivity index (χ2v) is 5.21. The number of para-hydroxylation sites is 2. The molecule has 7 nitrogen and oxygen atoms in total. The van der Waals surface area contributed by atoms with Gasteiger partial charge in [-0.1, -0.05) is 36.4 Å². The van der Waals surface area contributed by atoms with E-state index in [1.54, 1.807) is 12.1 Å². The van der Waals surface area contributed by atoms with Crippen molar-refractivity contribution in [3.8, 4) is 6.07 Å². The largest absolute Gasteiger partial charge is 0.386 e. The van der Waals surface area contributed by atoms with Crippen LogP contribution in [-0.2, 0) is 11.3 Å². The molecule has 0 radical (unpaired) electrons. The third-order valence-electron chi connectivity index (χ3n) is 3.51. The molecule has 0 aromatic heterocycles. The summed E-state index contributed by atoms with van der Waals surface area (Å²) in [6.07, 6.45) is 1.30. The number of nitro groups is 1. The molecular weight excluding hydrogens is 320 g/mol. The molecule has 2 aromatic carbocycles. The fourth-order valence-electron chi connectivity index (χ4n) is 2.15. The van der Waals surface area contributed by atoms with Gasteiger partial charge in [0.25, 0.3) is 11.6 Å². The highest BCUT2D eigenvalue weighted by atomic mass is 16.6. The Morgan fingerprint density at radius 1 is 1.24 bits per heavy atom. The lowest BCUT2D eigenvalue weighted by atomic mass is 10.1. The highest BCUT2D eigenvalue weighted by Crippen LogP contribution is 2.23. The van der Waals surface area contributed by atoms with Crippen LogP contribution in [0, 0.1) is 28.4 Å². The maximum atomic E-state index is 12.2. The lowest BCUT2D eigenvalue weighted by molar-refractivity contribution is -0.383. The second-order valence-electron chi connectivity index (χ2n) is 5.21. The number of carbonyl (C=O) groups is 1. The first-order chi connectivity index (χ1) is 12.0. The fraction of sp³-hybridized carbons (Fsp3) is 0.111. The van der Waals surface area contributed by atoms with E-state index in [1.807, 2.05) is 31.2 Å². The minimum Gasteiger partial charge on any atom is -0.386 e. The van der Waals surface area contributed by atoms with Crippen LogP contribution >= 0.6 is 0 Å². The maximum Gasteiger partial charge on any atom is 0.292 e. The van der Waals surface area contributed by atoms with Gasteiger partial charge < -0.3 is 10.6 Å². The first-order valence-electron chi connectivity index (χ1n) is 7.46. The summed E-state index contributed by atoms with van der Waals surface area (Å²) in [5.74, 6) is -0.714. The highest BCUT2D eigenvalue weighted by Gasteiger charge is 2.17. The zero-order valence-electron chi connectivity index (χ0n) is 13.5. The van der Waals surface area contributed by atoms with Crippen molar-refractivity contribution in [3.63, 3.8) is 0 Å². The van der Waals surface area contributed by atoms with E-state index in [1.165, 1.54) is 24.4 Å². The maximum absolute atomic E-state index is 12.2. The molecule has 0 bridgehead atoms. The second kappa shape index (κ2) is 8.26. The molecule has 2 N–H and O–H groups in total. The minimum absolute atomic E-state index is 0.0394. The molecule has 0 unspecified atom stereocenters. The number of amides is 1. The molecule has 126 valence electrons. The number of nitrogens with one attached hydrogen (secondary N) is 2. The van der Waals surface area contributed by atoms with Gasteiger partial charge in [-0.15, -0.1) is 0 Å². The lowest BCUT2D eigenvalue weighted by Crippen LogP contribution is -2.17. The van der Waals surface area contributed by atoms with Crippen LogP contribution in [-0.4, -0.2) is 10.8 Å². The zero-order chi connectivity index (χ0) is 18.2. The van der Waals surface area contributed by atoms with E-state index in [4.69, 9.17) is 5.26 Å². The van der Waals surface area contributed by atoms with Gasteiger partial charge in [0.2, 0.25) is 0 Å². The fourth-order valence-corrected chi connectivity index (χ4v) is 2.15. The molecule has 0 aliphatic heterocycles. The van der Waals surface area contributed by atoms with Crippen LogP contribution in [0.15, 0.2) is 60.3 Å². The lowest BCUT2D eigenvalue weighted by Gasteiger charge is -2.07. The van der Waals surface area contributed by atoms with Crippen LogP contribution in [0.4, 0.5) is 11.4 Å². The normalized spacial score (nSPS) is 10.6. The Morgan fingerprint density at radius 2 is 1.92 bits per heavy atom. The van der Waals surface area contributed by atoms with Crippen molar-refractivity contribution in [2.45, 2.75) is 13.5 Å². The van der Waals surface area contributed by atoms with Gasteiger partial charge in [0, 0.05) is 18.8 Å². The smallest absolute Gasteiger partial charge is 0.292 e. The van der Waals surface area contributed by atoms with Gasteiger partial charge in [0.05, 0.1) is 4.92 Å². The SMILES string of the molecule is Cc1ccccc1CN/C=C(/C#N)C(=O)Nc1ccccc1[N+](=O)[O-]. The van der Waals surface area contributed by atoms with Crippen molar-refractivity contribution in [1.29, 1.82) is 5.26 Å². The molecule has 0 saturated carbocycles. The average molecular weight is 336 g/mol. The van der Waals surface area contributed by atoms with Gasteiger partial charge in [0.15, 0.2) is 0 Å². The van der Waals surface area contributed by atoms with E-state index in [0.29, 0.717) is 6.54 Å². The van der Waals surface area contributed by atoms with E-state index in [-0.39, 0.29) is 16.9 Å². The van der Waals surface area contributed by atoms with Gasteiger partial charge in [-0.2, -0.15) is 5.26 Å². The molecule has 0 aliphatic rings. The Bertz CT molecular complexity index is 869. The number of anilines is 1. The number of nitrogens with zero attached hydrogens (tertiary/aromatic N) is 2. The molecule has 0 saturated heterocycles. The van der Waals surface area contributed by atoms with Crippen LogP contribution in [0.1, 0.15) is 11.1 Å². The van der Waals surface area contributed by atoms with Crippen LogP contribution in [0.5, 0.6) is 0 Å². The number of benzene rings is 2. The van der Waals surface area contributed by atoms with Crippen LogP contribution in [0.2, 0.25) is 0 Å². The summed E-state index contributed by atoms with van der Waals surface area (Å²) in [4.78, 5) is 22.5. The number of hydrogen-bond donors (Lipinski definition) is 2. The molecule has 0 aliphatic carbocycles. The Balaban J connectivity index is 2.08. The molecule has 1 amide bonds. The Kier molecular flexibility index (Phi) is 5.85. The van der Waals surface area contributed by atoms with E-state index < -0.39 is 10.8 Å². The first-order valence-corrected chi connectivity index (χ1v) is 7.46. The molecule has 2 rings (SSSR count). The summed E-state index contributed by atoms with van der Waals surface area (Å²) in [5.41, 5.74) is 1.76. The van der Waals surface area contributed by atoms with Crippen LogP contribution in [0.3, 0.4) is 0 Å². The third-order valence-corrected chi connectivity index (χ3v) is 3.51. The monoisotopic (exact) mass is 336 g/mol. The number of nitriles is 1. The number of aryl methyl sites for hydroxylation is 1. The third kappa shape index (κ3) is 4.65. The van der Waals surface area contributed by atoms with Crippen molar-refractivity contribution < 1.29 is 9.72 Å². The van der Waals surface area contributed by atoms with E-state index >= 15 is 0 Å². The van der Waals surface area contributed by atoms with Crippen LogP contribution in [0.25, 0.3) is 0 Å². The molecule has 2 aromatic rings. The Morgan fingerprint density at radius 3 is 2.60 bits per heavy atom. The molecule has 0 atom stereocenters. The summed E-state index contributed by atoms with van der Waals surface area (Å²) in [7, 11) is 0. The Labute approximate surface area is 144 Å². The number of nitro benzene ring substituents is 1. The van der Waals surface area contributed by atoms with Crippen molar-refractivity contribution in [1.82, 2.24) is 5.32 Å². The molecule has 0 fully saturated rings. The topological polar surface area (TPSA) is 108 Å². The predicted molar refractivity (Wildman–Crippen MR) is 93.4 cm³/mol. The summed E-state index contributed by atoms with van der Waals surface area (Å²) in [6, 6.07) is 15.3. The molecule has 7 heteroatoms. The highest BCUT2D eigenvalue weighted by molar-refractivity contribution is 6.07. The molecule has 0 spiro atoms. The van der Waals surface area contributed by atoms with E-state index in [9.17, 15) is 14.9 Å². The van der Waals surface area contributed by atoms with Crippen molar-refractivity contribution in [2.24, 2.45) is 0 Å². The van der Waals surface area contributed by atoms with Gasteiger partial charge >= 0.3 is 0 Å². The van der Waals surface area contributed by atoms with Crippen LogP contribution < -0.4 is 10.6 Å². The van der Waals surface area contributed by atoms with Gasteiger partial charge in [-0.25, -0.2) is 0 Å². The number of carbonyl (C=O) groups excluding carboxylic acids is 1. The van der Waals surface area contributed by atoms with Crippen molar-refractivity contribution in [2.75, 3.05) is 5.32 Å².